The van der Waals surface area contributed by atoms with Crippen LogP contribution < -0.4 is 16.0 Å². The van der Waals surface area contributed by atoms with Gasteiger partial charge in [0, 0.05) is 51.0 Å². The molecule has 2 aliphatic heterocycles. The fraction of sp³-hybridized carbons (Fsp3) is 0.529. The van der Waals surface area contributed by atoms with Gasteiger partial charge in [-0.3, -0.25) is 25.1 Å². The van der Waals surface area contributed by atoms with Gasteiger partial charge >= 0.3 is 12.2 Å². The van der Waals surface area contributed by atoms with Crippen molar-refractivity contribution in [3.63, 3.8) is 0 Å². The Hall–Kier alpha value is -3.84. The average molecular weight is 639 g/mol. The first-order chi connectivity index (χ1) is 21.6. The summed E-state index contributed by atoms with van der Waals surface area (Å²) in [6, 6.07) is 13.4. The smallest absolute Gasteiger partial charge is 0.410 e. The van der Waals surface area contributed by atoms with Crippen LogP contribution in [0.2, 0.25) is 0 Å². The predicted octanol–water partition coefficient (Wildman–Crippen LogP) is 3.97. The zero-order valence-corrected chi connectivity index (χ0v) is 27.9. The topological polar surface area (TPSA) is 145 Å². The van der Waals surface area contributed by atoms with Crippen LogP contribution in [0.15, 0.2) is 42.5 Å². The van der Waals surface area contributed by atoms with Gasteiger partial charge in [0.2, 0.25) is 11.6 Å². The van der Waals surface area contributed by atoms with Gasteiger partial charge in [0.05, 0.1) is 6.04 Å². The molecular weight excluding hydrogens is 592 g/mol. The Labute approximate surface area is 270 Å². The summed E-state index contributed by atoms with van der Waals surface area (Å²) in [6.45, 7) is 12.6. The number of ether oxygens (including phenoxy) is 4. The highest BCUT2D eigenvalue weighted by Crippen LogP contribution is 2.40. The van der Waals surface area contributed by atoms with Crippen LogP contribution in [0.25, 0.3) is 0 Å². The molecule has 2 aromatic carbocycles. The van der Waals surface area contributed by atoms with Crippen LogP contribution in [0.4, 0.5) is 9.59 Å². The molecule has 2 aromatic rings. The van der Waals surface area contributed by atoms with Crippen LogP contribution >= 0.6 is 0 Å². The number of nitrogens with one attached hydrogen (secondary N) is 3. The maximum Gasteiger partial charge on any atom is 0.410 e. The SMILES string of the molecule is COC(NC(=O)OC(C)(C)C)C(=O)c1cc2c(cc1C(=O)C(NC(=O)OC(C)(C)C)OC)C(c1ccccc1)N1CCNCC1C2. The van der Waals surface area contributed by atoms with Crippen molar-refractivity contribution in [2.45, 2.75) is 83.7 Å². The Morgan fingerprint density at radius 3 is 1.85 bits per heavy atom. The number of nitrogens with zero attached hydrogens (tertiary/aromatic N) is 1. The molecule has 4 unspecified atom stereocenters. The van der Waals surface area contributed by atoms with Crippen LogP contribution in [-0.4, -0.2) is 92.2 Å². The van der Waals surface area contributed by atoms with E-state index in [2.05, 4.69) is 20.9 Å². The Balaban J connectivity index is 1.83. The molecule has 1 saturated heterocycles. The van der Waals surface area contributed by atoms with Gasteiger partial charge in [-0.15, -0.1) is 0 Å². The molecule has 0 bridgehead atoms. The van der Waals surface area contributed by atoms with Gasteiger partial charge in [0.15, 0.2) is 12.5 Å². The van der Waals surface area contributed by atoms with Crippen molar-refractivity contribution in [2.75, 3.05) is 33.9 Å². The van der Waals surface area contributed by atoms with Crippen molar-refractivity contribution < 1.29 is 38.1 Å². The van der Waals surface area contributed by atoms with E-state index in [9.17, 15) is 19.2 Å². The number of carbonyl (C=O) groups excluding carboxylic acids is 4. The second-order valence-electron chi connectivity index (χ2n) is 13.5. The molecule has 0 saturated carbocycles. The maximum atomic E-state index is 14.2. The van der Waals surface area contributed by atoms with Crippen LogP contribution in [0.5, 0.6) is 0 Å². The standard InChI is InChI=1S/C34H46N4O8/c1-33(2,3)45-31(41)36-29(43-7)27(39)24-17-21-16-22-19-35-14-15-38(22)26(20-12-10-9-11-13-20)23(21)18-25(24)28(40)30(44-8)37-32(42)46-34(4,5)6/h9-13,17-18,22,26,29-30,35H,14-16,19H2,1-8H3,(H,36,41)(H,37,42). The van der Waals surface area contributed by atoms with E-state index in [1.54, 1.807) is 53.7 Å². The number of piperazine rings is 1. The van der Waals surface area contributed by atoms with Crippen molar-refractivity contribution in [1.82, 2.24) is 20.9 Å². The fourth-order valence-electron chi connectivity index (χ4n) is 5.82. The second kappa shape index (κ2) is 14.3. The Morgan fingerprint density at radius 1 is 0.826 bits per heavy atom. The van der Waals surface area contributed by atoms with Gasteiger partial charge in [-0.2, -0.15) is 0 Å². The quantitative estimate of drug-likeness (QED) is 0.273. The lowest BCUT2D eigenvalue weighted by molar-refractivity contribution is 0.0215. The summed E-state index contributed by atoms with van der Waals surface area (Å²) in [6.07, 6.45) is -4.01. The number of carbonyl (C=O) groups is 4. The molecule has 12 heteroatoms. The molecule has 250 valence electrons. The Kier molecular flexibility index (Phi) is 10.9. The number of fused-ring (bicyclic) bond motifs is 2. The number of ketones is 2. The molecule has 2 heterocycles. The summed E-state index contributed by atoms with van der Waals surface area (Å²) in [5.41, 5.74) is 1.19. The molecule has 0 spiro atoms. The average Bonchev–Trinajstić information content (AvgIpc) is 2.98. The number of alkyl carbamates (subject to hydrolysis) is 2. The fourth-order valence-corrected chi connectivity index (χ4v) is 5.82. The van der Waals surface area contributed by atoms with Crippen LogP contribution in [-0.2, 0) is 25.4 Å². The van der Waals surface area contributed by atoms with Crippen molar-refractivity contribution in [2.24, 2.45) is 0 Å². The number of amides is 2. The predicted molar refractivity (Wildman–Crippen MR) is 171 cm³/mol. The van der Waals surface area contributed by atoms with Gasteiger partial charge < -0.3 is 24.3 Å². The molecule has 1 fully saturated rings. The highest BCUT2D eigenvalue weighted by atomic mass is 16.6. The highest BCUT2D eigenvalue weighted by Gasteiger charge is 2.40. The van der Waals surface area contributed by atoms with E-state index >= 15 is 0 Å². The van der Waals surface area contributed by atoms with Crippen LogP contribution in [0, 0.1) is 0 Å². The first-order valence-electron chi connectivity index (χ1n) is 15.4. The van der Waals surface area contributed by atoms with E-state index in [4.69, 9.17) is 18.9 Å². The first kappa shape index (κ1) is 35.0. The molecule has 0 aliphatic carbocycles. The molecule has 4 atom stereocenters. The summed E-state index contributed by atoms with van der Waals surface area (Å²) in [7, 11) is 2.55. The Bertz CT molecular complexity index is 1430. The van der Waals surface area contributed by atoms with E-state index in [1.165, 1.54) is 14.2 Å². The highest BCUT2D eigenvalue weighted by molar-refractivity contribution is 6.12. The van der Waals surface area contributed by atoms with Gasteiger partial charge in [0.1, 0.15) is 11.2 Å². The van der Waals surface area contributed by atoms with E-state index in [-0.39, 0.29) is 23.2 Å². The molecule has 0 radical (unpaired) electrons. The van der Waals surface area contributed by atoms with Gasteiger partial charge in [-0.05, 0) is 76.8 Å². The molecule has 0 aromatic heterocycles. The monoisotopic (exact) mass is 638 g/mol. The third-order valence-electron chi connectivity index (χ3n) is 7.65. The minimum atomic E-state index is -1.47. The van der Waals surface area contributed by atoms with Gasteiger partial charge in [0.25, 0.3) is 0 Å². The lowest BCUT2D eigenvalue weighted by Gasteiger charge is -2.46. The number of hydrogen-bond donors (Lipinski definition) is 3. The molecular formula is C34H46N4O8. The normalized spacial score (nSPS) is 19.6. The number of methoxy groups -OCH3 is 2. The van der Waals surface area contributed by atoms with E-state index in [0.717, 1.165) is 36.3 Å². The number of Topliss-reactive ketones (excluding diaryl/α,β-unsaturated/α-hetero) is 2. The number of hydrogen-bond acceptors (Lipinski definition) is 10. The number of rotatable bonds is 9. The molecule has 3 N–H and O–H groups in total. The number of benzene rings is 2. The third kappa shape index (κ3) is 8.49. The van der Waals surface area contributed by atoms with Crippen LogP contribution in [0.3, 0.4) is 0 Å². The molecule has 2 aliphatic rings. The second-order valence-corrected chi connectivity index (χ2v) is 13.5. The largest absolute Gasteiger partial charge is 0.444 e. The van der Waals surface area contributed by atoms with Crippen molar-refractivity contribution in [3.05, 3.63) is 70.3 Å². The summed E-state index contributed by atoms with van der Waals surface area (Å²) >= 11 is 0. The molecule has 2 amide bonds. The zero-order chi connectivity index (χ0) is 33.8. The molecule has 4 rings (SSSR count). The molecule has 46 heavy (non-hydrogen) atoms. The minimum absolute atomic E-state index is 0.00853. The van der Waals surface area contributed by atoms with E-state index in [1.807, 2.05) is 30.3 Å². The van der Waals surface area contributed by atoms with Crippen molar-refractivity contribution in [3.8, 4) is 0 Å². The summed E-state index contributed by atoms with van der Waals surface area (Å²) in [5.74, 6) is -1.33. The Morgan fingerprint density at radius 2 is 1.35 bits per heavy atom. The van der Waals surface area contributed by atoms with Crippen molar-refractivity contribution in [1.29, 1.82) is 0 Å². The van der Waals surface area contributed by atoms with E-state index < -0.39 is 47.4 Å². The van der Waals surface area contributed by atoms with Crippen LogP contribution in [0.1, 0.15) is 85.0 Å². The van der Waals surface area contributed by atoms with Gasteiger partial charge in [-0.1, -0.05) is 30.3 Å². The lowest BCUT2D eigenvalue weighted by atomic mass is 9.80. The molecule has 12 nitrogen and oxygen atoms in total. The summed E-state index contributed by atoms with van der Waals surface area (Å²) < 4.78 is 21.5. The maximum absolute atomic E-state index is 14.2. The third-order valence-corrected chi connectivity index (χ3v) is 7.65. The van der Waals surface area contributed by atoms with Crippen molar-refractivity contribution >= 4 is 23.8 Å². The lowest BCUT2D eigenvalue weighted by Crippen LogP contribution is -2.55. The van der Waals surface area contributed by atoms with E-state index in [0.29, 0.717) is 6.42 Å². The first-order valence-corrected chi connectivity index (χ1v) is 15.4. The summed E-state index contributed by atoms with van der Waals surface area (Å²) in [4.78, 5) is 56.1. The zero-order valence-electron chi connectivity index (χ0n) is 27.9. The van der Waals surface area contributed by atoms with Gasteiger partial charge in [-0.25, -0.2) is 9.59 Å². The summed E-state index contributed by atoms with van der Waals surface area (Å²) in [5, 5.41) is 8.40. The minimum Gasteiger partial charge on any atom is -0.444 e.